The predicted octanol–water partition coefficient (Wildman–Crippen LogP) is 3.89. The fourth-order valence-corrected chi connectivity index (χ4v) is 2.12. The molecule has 6 nitrogen and oxygen atoms in total. The first-order chi connectivity index (χ1) is 12.2. The molecule has 0 saturated carbocycles. The lowest BCUT2D eigenvalue weighted by Gasteiger charge is -2.08. The Labute approximate surface area is 149 Å². The van der Waals surface area contributed by atoms with Gasteiger partial charge < -0.3 is 15.4 Å². The van der Waals surface area contributed by atoms with Crippen LogP contribution in [0.4, 0.5) is 17.3 Å². The number of ether oxygens (including phenoxy) is 1. The number of anilines is 3. The van der Waals surface area contributed by atoms with Crippen LogP contribution in [0.15, 0.2) is 66.7 Å². The SMILES string of the molecule is O=C(COc1ccccc1)Nc1ccc(Nc2ccc(Cl)cc2)nn1. The normalized spacial score (nSPS) is 10.1. The molecule has 0 bridgehead atoms. The van der Waals surface area contributed by atoms with Crippen molar-refractivity contribution in [1.29, 1.82) is 0 Å². The van der Waals surface area contributed by atoms with Gasteiger partial charge in [0.05, 0.1) is 0 Å². The smallest absolute Gasteiger partial charge is 0.263 e. The molecule has 0 aliphatic rings. The number of aromatic nitrogens is 2. The molecule has 3 rings (SSSR count). The van der Waals surface area contributed by atoms with E-state index in [1.165, 1.54) is 0 Å². The lowest BCUT2D eigenvalue weighted by atomic mass is 10.3. The Kier molecular flexibility index (Phi) is 5.43. The molecule has 0 fully saturated rings. The number of hydrogen-bond acceptors (Lipinski definition) is 5. The molecule has 0 saturated heterocycles. The average molecular weight is 355 g/mol. The molecular formula is C18H15ClN4O2. The zero-order chi connectivity index (χ0) is 17.5. The minimum absolute atomic E-state index is 0.101. The molecule has 0 atom stereocenters. The van der Waals surface area contributed by atoms with Crippen molar-refractivity contribution in [1.82, 2.24) is 10.2 Å². The molecule has 0 aliphatic carbocycles. The standard InChI is InChI=1S/C18H15ClN4O2/c19-13-6-8-14(9-7-13)20-16-10-11-17(23-22-16)21-18(24)12-25-15-4-2-1-3-5-15/h1-11H,12H2,(H,20,22)(H,21,23,24). The van der Waals surface area contributed by atoms with Crippen LogP contribution in [0.5, 0.6) is 5.75 Å². The van der Waals surface area contributed by atoms with Gasteiger partial charge >= 0.3 is 0 Å². The van der Waals surface area contributed by atoms with Crippen LogP contribution < -0.4 is 15.4 Å². The first-order valence-corrected chi connectivity index (χ1v) is 7.91. The second-order valence-corrected chi connectivity index (χ2v) is 5.52. The van der Waals surface area contributed by atoms with Crippen LogP contribution >= 0.6 is 11.6 Å². The third-order valence-electron chi connectivity index (χ3n) is 3.16. The van der Waals surface area contributed by atoms with Gasteiger partial charge in [0.1, 0.15) is 5.75 Å². The summed E-state index contributed by atoms with van der Waals surface area (Å²) in [5.74, 6) is 1.23. The lowest BCUT2D eigenvalue weighted by molar-refractivity contribution is -0.118. The van der Waals surface area contributed by atoms with Crippen molar-refractivity contribution < 1.29 is 9.53 Å². The molecule has 1 aromatic heterocycles. The summed E-state index contributed by atoms with van der Waals surface area (Å²) in [4.78, 5) is 11.9. The zero-order valence-electron chi connectivity index (χ0n) is 13.1. The average Bonchev–Trinajstić information content (AvgIpc) is 2.64. The summed E-state index contributed by atoms with van der Waals surface area (Å²) in [6, 6.07) is 19.7. The summed E-state index contributed by atoms with van der Waals surface area (Å²) in [5.41, 5.74) is 0.840. The first kappa shape index (κ1) is 16.7. The molecule has 1 amide bonds. The number of carbonyl (C=O) groups is 1. The van der Waals surface area contributed by atoms with Crippen LogP contribution in [-0.4, -0.2) is 22.7 Å². The number of halogens is 1. The van der Waals surface area contributed by atoms with Crippen LogP contribution in [0, 0.1) is 0 Å². The first-order valence-electron chi connectivity index (χ1n) is 7.53. The Morgan fingerprint density at radius 2 is 1.60 bits per heavy atom. The van der Waals surface area contributed by atoms with E-state index in [-0.39, 0.29) is 12.5 Å². The monoisotopic (exact) mass is 354 g/mol. The van der Waals surface area contributed by atoms with E-state index in [4.69, 9.17) is 16.3 Å². The van der Waals surface area contributed by atoms with E-state index in [2.05, 4.69) is 20.8 Å². The Hall–Kier alpha value is -3.12. The maximum Gasteiger partial charge on any atom is 0.263 e. The topological polar surface area (TPSA) is 76.1 Å². The zero-order valence-corrected chi connectivity index (χ0v) is 13.9. The van der Waals surface area contributed by atoms with Gasteiger partial charge in [-0.1, -0.05) is 29.8 Å². The molecule has 0 spiro atoms. The van der Waals surface area contributed by atoms with Gasteiger partial charge in [0, 0.05) is 10.7 Å². The van der Waals surface area contributed by atoms with Crippen molar-refractivity contribution in [2.45, 2.75) is 0 Å². The van der Waals surface area contributed by atoms with Gasteiger partial charge in [0.25, 0.3) is 5.91 Å². The Balaban J connectivity index is 1.51. The summed E-state index contributed by atoms with van der Waals surface area (Å²) >= 11 is 5.84. The fraction of sp³-hybridized carbons (Fsp3) is 0.0556. The highest BCUT2D eigenvalue weighted by atomic mass is 35.5. The Morgan fingerprint density at radius 1 is 0.920 bits per heavy atom. The Morgan fingerprint density at radius 3 is 2.28 bits per heavy atom. The van der Waals surface area contributed by atoms with Gasteiger partial charge in [-0.25, -0.2) is 0 Å². The van der Waals surface area contributed by atoms with Crippen LogP contribution in [0.1, 0.15) is 0 Å². The molecule has 126 valence electrons. The van der Waals surface area contributed by atoms with Crippen LogP contribution in [0.3, 0.4) is 0 Å². The summed E-state index contributed by atoms with van der Waals surface area (Å²) in [7, 11) is 0. The van der Waals surface area contributed by atoms with Gasteiger partial charge in [-0.3, -0.25) is 4.79 Å². The third-order valence-corrected chi connectivity index (χ3v) is 3.41. The molecule has 25 heavy (non-hydrogen) atoms. The maximum atomic E-state index is 11.9. The largest absolute Gasteiger partial charge is 0.484 e. The van der Waals surface area contributed by atoms with E-state index in [1.54, 1.807) is 36.4 Å². The van der Waals surface area contributed by atoms with Gasteiger partial charge in [0.15, 0.2) is 18.2 Å². The number of para-hydroxylation sites is 1. The number of nitrogens with zero attached hydrogens (tertiary/aromatic N) is 2. The van der Waals surface area contributed by atoms with Gasteiger partial charge in [-0.05, 0) is 48.5 Å². The van der Waals surface area contributed by atoms with Crippen molar-refractivity contribution in [2.24, 2.45) is 0 Å². The minimum atomic E-state index is -0.309. The highest BCUT2D eigenvalue weighted by molar-refractivity contribution is 6.30. The summed E-state index contributed by atoms with van der Waals surface area (Å²) in [6.07, 6.45) is 0. The molecule has 0 aliphatic heterocycles. The number of carbonyl (C=O) groups excluding carboxylic acids is 1. The summed E-state index contributed by atoms with van der Waals surface area (Å²) in [6.45, 7) is -0.101. The van der Waals surface area contributed by atoms with E-state index < -0.39 is 0 Å². The molecule has 2 N–H and O–H groups in total. The molecule has 0 unspecified atom stereocenters. The Bertz CT molecular complexity index is 824. The van der Waals surface area contributed by atoms with Crippen LogP contribution in [0.25, 0.3) is 0 Å². The molecular weight excluding hydrogens is 340 g/mol. The highest BCUT2D eigenvalue weighted by Crippen LogP contribution is 2.17. The summed E-state index contributed by atoms with van der Waals surface area (Å²) in [5, 5.41) is 14.4. The van der Waals surface area contributed by atoms with E-state index in [9.17, 15) is 4.79 Å². The van der Waals surface area contributed by atoms with E-state index in [0.29, 0.717) is 22.4 Å². The van der Waals surface area contributed by atoms with E-state index >= 15 is 0 Å². The third kappa shape index (κ3) is 5.19. The van der Waals surface area contributed by atoms with Crippen molar-refractivity contribution in [3.05, 3.63) is 71.8 Å². The number of nitrogens with one attached hydrogen (secondary N) is 2. The molecule has 0 radical (unpaired) electrons. The van der Waals surface area contributed by atoms with Crippen molar-refractivity contribution in [2.75, 3.05) is 17.2 Å². The highest BCUT2D eigenvalue weighted by Gasteiger charge is 2.05. The second-order valence-electron chi connectivity index (χ2n) is 5.09. The van der Waals surface area contributed by atoms with Gasteiger partial charge in [0.2, 0.25) is 0 Å². The van der Waals surface area contributed by atoms with Crippen LogP contribution in [0.2, 0.25) is 5.02 Å². The number of rotatable bonds is 6. The van der Waals surface area contributed by atoms with Gasteiger partial charge in [-0.2, -0.15) is 0 Å². The quantitative estimate of drug-likeness (QED) is 0.702. The van der Waals surface area contributed by atoms with Crippen molar-refractivity contribution >= 4 is 34.8 Å². The van der Waals surface area contributed by atoms with Crippen LogP contribution in [-0.2, 0) is 4.79 Å². The number of amides is 1. The summed E-state index contributed by atoms with van der Waals surface area (Å²) < 4.78 is 5.37. The number of hydrogen-bond donors (Lipinski definition) is 2. The minimum Gasteiger partial charge on any atom is -0.484 e. The lowest BCUT2D eigenvalue weighted by Crippen LogP contribution is -2.21. The fourth-order valence-electron chi connectivity index (χ4n) is 1.99. The molecule has 3 aromatic rings. The van der Waals surface area contributed by atoms with E-state index in [1.807, 2.05) is 30.3 Å². The van der Waals surface area contributed by atoms with Crippen molar-refractivity contribution in [3.8, 4) is 5.75 Å². The molecule has 7 heteroatoms. The van der Waals surface area contributed by atoms with Crippen molar-refractivity contribution in [3.63, 3.8) is 0 Å². The second kappa shape index (κ2) is 8.12. The molecule has 2 aromatic carbocycles. The van der Waals surface area contributed by atoms with E-state index in [0.717, 1.165) is 5.69 Å². The maximum absolute atomic E-state index is 11.9. The molecule has 1 heterocycles. The number of benzene rings is 2. The van der Waals surface area contributed by atoms with Gasteiger partial charge in [-0.15, -0.1) is 10.2 Å². The predicted molar refractivity (Wildman–Crippen MR) is 97.3 cm³/mol.